The minimum absolute atomic E-state index is 0.144. The van der Waals surface area contributed by atoms with E-state index in [0.29, 0.717) is 11.6 Å². The fraction of sp³-hybridized carbons (Fsp3) is 0.389. The molecule has 2 aromatic heterocycles. The van der Waals surface area contributed by atoms with Gasteiger partial charge in [-0.2, -0.15) is 0 Å². The minimum Gasteiger partial charge on any atom is -0.453 e. The van der Waals surface area contributed by atoms with Crippen molar-refractivity contribution in [2.45, 2.75) is 65.7 Å². The van der Waals surface area contributed by atoms with Gasteiger partial charge >= 0.3 is 12.2 Å². The first-order valence-corrected chi connectivity index (χ1v) is 16.3. The van der Waals surface area contributed by atoms with E-state index in [1.54, 1.807) is 6.20 Å². The van der Waals surface area contributed by atoms with Crippen molar-refractivity contribution in [1.29, 1.82) is 0 Å². The van der Waals surface area contributed by atoms with Crippen LogP contribution in [-0.2, 0) is 19.1 Å². The zero-order valence-electron chi connectivity index (χ0n) is 29.4. The summed E-state index contributed by atoms with van der Waals surface area (Å²) in [7, 11) is 2.50. The molecule has 264 valence electrons. The number of carbonyl (C=O) groups excluding carboxylic acids is 4. The van der Waals surface area contributed by atoms with Gasteiger partial charge in [0, 0.05) is 11.1 Å². The second-order valence-corrected chi connectivity index (χ2v) is 12.5. The molecule has 0 aliphatic heterocycles. The van der Waals surface area contributed by atoms with E-state index in [9.17, 15) is 19.2 Å². The van der Waals surface area contributed by atoms with Crippen LogP contribution in [0.5, 0.6) is 0 Å². The van der Waals surface area contributed by atoms with Gasteiger partial charge in [-0.25, -0.2) is 19.6 Å². The Bertz CT molecular complexity index is 1890. The number of methoxy groups -OCH3 is 2. The summed E-state index contributed by atoms with van der Waals surface area (Å²) in [6.45, 7) is 11.0. The van der Waals surface area contributed by atoms with Gasteiger partial charge in [-0.3, -0.25) is 9.59 Å². The number of nitrogens with one attached hydrogen (secondary N) is 6. The number of amides is 4. The molecule has 2 aromatic carbocycles. The Hall–Kier alpha value is -5.84. The van der Waals surface area contributed by atoms with E-state index in [4.69, 9.17) is 0 Å². The predicted octanol–water partition coefficient (Wildman–Crippen LogP) is 4.47. The summed E-state index contributed by atoms with van der Waals surface area (Å²) in [5.41, 5.74) is 4.78. The second-order valence-electron chi connectivity index (χ2n) is 12.5. The van der Waals surface area contributed by atoms with Crippen LogP contribution in [-0.4, -0.2) is 70.2 Å². The lowest BCUT2D eigenvalue weighted by atomic mass is 10.0. The van der Waals surface area contributed by atoms with Crippen LogP contribution in [0, 0.1) is 23.7 Å². The van der Waals surface area contributed by atoms with Crippen LogP contribution in [0.15, 0.2) is 48.7 Å². The van der Waals surface area contributed by atoms with Crippen molar-refractivity contribution in [2.75, 3.05) is 14.2 Å². The first kappa shape index (κ1) is 37.0. The Kier molecular flexibility index (Phi) is 12.2. The molecule has 4 rings (SSSR count). The number of carbonyl (C=O) groups is 4. The molecule has 0 spiro atoms. The van der Waals surface area contributed by atoms with Crippen LogP contribution < -0.4 is 21.3 Å². The minimum atomic E-state index is -0.757. The van der Waals surface area contributed by atoms with Crippen LogP contribution in [0.2, 0.25) is 0 Å². The van der Waals surface area contributed by atoms with Crippen LogP contribution in [0.3, 0.4) is 0 Å². The van der Waals surface area contributed by atoms with E-state index in [1.807, 2.05) is 84.0 Å². The number of aromatic nitrogens is 4. The average Bonchev–Trinajstić information content (AvgIpc) is 3.76. The van der Waals surface area contributed by atoms with E-state index in [0.717, 1.165) is 33.4 Å². The number of benzene rings is 2. The maximum absolute atomic E-state index is 12.9. The third-order valence-corrected chi connectivity index (χ3v) is 8.00. The number of hydrogen-bond acceptors (Lipinski definition) is 8. The number of hydrogen-bond donors (Lipinski definition) is 6. The van der Waals surface area contributed by atoms with Gasteiger partial charge in [0.15, 0.2) is 0 Å². The van der Waals surface area contributed by atoms with Crippen LogP contribution in [0.25, 0.3) is 22.3 Å². The molecule has 6 N–H and O–H groups in total. The average molecular weight is 685 g/mol. The molecule has 2 heterocycles. The molecule has 0 saturated heterocycles. The Labute approximate surface area is 290 Å². The monoisotopic (exact) mass is 684 g/mol. The third kappa shape index (κ3) is 9.40. The lowest BCUT2D eigenvalue weighted by molar-refractivity contribution is -0.125. The van der Waals surface area contributed by atoms with Gasteiger partial charge in [-0.05, 0) is 61.6 Å². The smallest absolute Gasteiger partial charge is 0.407 e. The van der Waals surface area contributed by atoms with Crippen LogP contribution in [0.1, 0.15) is 76.4 Å². The SMILES string of the molecule is COC(=O)N[C@H](C(=O)N[C@@H](C)c1ncc(-c2ccc(C#Cc3ccc4nc([C@H](C)NC(=O)[C@@H](NC(=O)OC)C(C)C)[nH]c4c3)cc2)[nH]1)C(C)C. The fourth-order valence-corrected chi connectivity index (χ4v) is 5.08. The first-order chi connectivity index (χ1) is 23.8. The molecule has 14 nitrogen and oxygen atoms in total. The summed E-state index contributed by atoms with van der Waals surface area (Å²) in [5, 5.41) is 10.9. The Balaban J connectivity index is 1.39. The molecule has 0 aliphatic carbocycles. The predicted molar refractivity (Wildman–Crippen MR) is 188 cm³/mol. The van der Waals surface area contributed by atoms with Gasteiger partial charge in [0.05, 0.1) is 49.2 Å². The number of ether oxygens (including phenoxy) is 2. The summed E-state index contributed by atoms with van der Waals surface area (Å²) < 4.78 is 9.29. The third-order valence-electron chi connectivity index (χ3n) is 8.00. The molecule has 4 amide bonds. The Morgan fingerprint density at radius 2 is 1.20 bits per heavy atom. The zero-order valence-corrected chi connectivity index (χ0v) is 29.4. The Morgan fingerprint density at radius 3 is 1.74 bits per heavy atom. The van der Waals surface area contributed by atoms with Gasteiger partial charge in [-0.1, -0.05) is 51.7 Å². The van der Waals surface area contributed by atoms with E-state index < -0.39 is 36.4 Å². The van der Waals surface area contributed by atoms with Crippen molar-refractivity contribution in [3.63, 3.8) is 0 Å². The zero-order chi connectivity index (χ0) is 36.5. The molecule has 4 aromatic rings. The quantitative estimate of drug-likeness (QED) is 0.125. The summed E-state index contributed by atoms with van der Waals surface area (Å²) in [5.74, 6) is 6.55. The van der Waals surface area contributed by atoms with E-state index in [-0.39, 0.29) is 23.7 Å². The molecule has 0 unspecified atom stereocenters. The van der Waals surface area contributed by atoms with Gasteiger partial charge in [-0.15, -0.1) is 0 Å². The lowest BCUT2D eigenvalue weighted by Gasteiger charge is -2.22. The second kappa shape index (κ2) is 16.5. The van der Waals surface area contributed by atoms with Gasteiger partial charge in [0.25, 0.3) is 0 Å². The molecule has 0 fully saturated rings. The highest BCUT2D eigenvalue weighted by molar-refractivity contribution is 5.87. The molecule has 0 saturated carbocycles. The highest BCUT2D eigenvalue weighted by atomic mass is 16.5. The number of H-pyrrole nitrogens is 2. The summed E-state index contributed by atoms with van der Waals surface area (Å²) in [6.07, 6.45) is 0.359. The van der Waals surface area contributed by atoms with E-state index >= 15 is 0 Å². The largest absolute Gasteiger partial charge is 0.453 e. The van der Waals surface area contributed by atoms with Crippen LogP contribution >= 0.6 is 0 Å². The summed E-state index contributed by atoms with van der Waals surface area (Å²) >= 11 is 0. The van der Waals surface area contributed by atoms with E-state index in [1.165, 1.54) is 14.2 Å². The highest BCUT2D eigenvalue weighted by Crippen LogP contribution is 2.21. The summed E-state index contributed by atoms with van der Waals surface area (Å²) in [6, 6.07) is 11.0. The molecule has 0 bridgehead atoms. The van der Waals surface area contributed by atoms with Crippen molar-refractivity contribution in [2.24, 2.45) is 11.8 Å². The molecule has 14 heteroatoms. The number of rotatable bonds is 11. The molecule has 4 atom stereocenters. The molecular formula is C36H44N8O6. The molecule has 50 heavy (non-hydrogen) atoms. The van der Waals surface area contributed by atoms with E-state index in [2.05, 4.69) is 62.5 Å². The first-order valence-electron chi connectivity index (χ1n) is 16.3. The number of aromatic amines is 2. The standard InChI is InChI=1S/C36H44N8O6/c1-19(2)29(43-35(47)49-7)33(45)38-21(5)31-37-18-28(42-31)25-14-11-23(12-15-25)9-10-24-13-16-26-27(17-24)41-32(40-26)22(6)39-34(46)30(20(3)4)44-36(48)50-8/h11-22,29-30H,1-8H3,(H,37,42)(H,38,45)(H,39,46)(H,40,41)(H,43,47)(H,44,48)/t21-,22-,29-,30-/m0/s1. The number of fused-ring (bicyclic) bond motifs is 1. The molecule has 0 radical (unpaired) electrons. The normalized spacial score (nSPS) is 13.4. The number of alkyl carbamates (subject to hydrolysis) is 2. The maximum Gasteiger partial charge on any atom is 0.407 e. The van der Waals surface area contributed by atoms with Crippen molar-refractivity contribution in [3.8, 4) is 23.1 Å². The van der Waals surface area contributed by atoms with Crippen molar-refractivity contribution < 1.29 is 28.7 Å². The summed E-state index contributed by atoms with van der Waals surface area (Å²) in [4.78, 5) is 64.7. The maximum atomic E-state index is 12.9. The van der Waals surface area contributed by atoms with Crippen molar-refractivity contribution in [1.82, 2.24) is 41.2 Å². The van der Waals surface area contributed by atoms with Crippen molar-refractivity contribution >= 4 is 35.0 Å². The molecule has 0 aliphatic rings. The van der Waals surface area contributed by atoms with Gasteiger partial charge in [0.2, 0.25) is 11.8 Å². The Morgan fingerprint density at radius 1 is 0.680 bits per heavy atom. The highest BCUT2D eigenvalue weighted by Gasteiger charge is 2.28. The van der Waals surface area contributed by atoms with Crippen molar-refractivity contribution in [3.05, 3.63) is 71.4 Å². The molecular weight excluding hydrogens is 640 g/mol. The lowest BCUT2D eigenvalue weighted by Crippen LogP contribution is -2.50. The van der Waals surface area contributed by atoms with Crippen LogP contribution in [0.4, 0.5) is 9.59 Å². The van der Waals surface area contributed by atoms with Gasteiger partial charge < -0.3 is 40.7 Å². The van der Waals surface area contributed by atoms with Gasteiger partial charge in [0.1, 0.15) is 23.7 Å². The number of nitrogens with zero attached hydrogens (tertiary/aromatic N) is 2. The number of imidazole rings is 2. The topological polar surface area (TPSA) is 192 Å². The fourth-order valence-electron chi connectivity index (χ4n) is 5.08.